The maximum atomic E-state index is 13.8. The van der Waals surface area contributed by atoms with Crippen LogP contribution in [0.2, 0.25) is 5.02 Å². The number of hydrogen-bond acceptors (Lipinski definition) is 1. The van der Waals surface area contributed by atoms with E-state index >= 15 is 0 Å². The number of nitrogens with zero attached hydrogens (tertiary/aromatic N) is 2. The Morgan fingerprint density at radius 1 is 1.30 bits per heavy atom. The van der Waals surface area contributed by atoms with Gasteiger partial charge < -0.3 is 4.57 Å². The average Bonchev–Trinajstić information content (AvgIpc) is 2.79. The highest BCUT2D eigenvalue weighted by atomic mass is 35.5. The molecule has 1 unspecified atom stereocenters. The van der Waals surface area contributed by atoms with Crippen molar-refractivity contribution in [2.45, 2.75) is 50.4 Å². The van der Waals surface area contributed by atoms with Crippen LogP contribution in [-0.4, -0.2) is 9.55 Å². The van der Waals surface area contributed by atoms with E-state index in [4.69, 9.17) is 23.2 Å². The van der Waals surface area contributed by atoms with E-state index in [1.54, 1.807) is 6.07 Å². The van der Waals surface area contributed by atoms with Gasteiger partial charge in [0.05, 0.1) is 21.4 Å². The second-order valence-electron chi connectivity index (χ2n) is 5.50. The molecule has 1 aromatic heterocycles. The highest BCUT2D eigenvalue weighted by Gasteiger charge is 2.24. The van der Waals surface area contributed by atoms with Gasteiger partial charge in [0, 0.05) is 12.1 Å². The van der Waals surface area contributed by atoms with Crippen LogP contribution in [0.1, 0.15) is 56.3 Å². The van der Waals surface area contributed by atoms with Gasteiger partial charge in [-0.25, -0.2) is 9.37 Å². The van der Waals surface area contributed by atoms with Crippen LogP contribution in [0, 0.1) is 5.82 Å². The van der Waals surface area contributed by atoms with Crippen molar-refractivity contribution in [2.24, 2.45) is 0 Å². The second kappa shape index (κ2) is 5.53. The molecule has 1 heterocycles. The molecule has 0 saturated heterocycles. The van der Waals surface area contributed by atoms with E-state index in [1.165, 1.54) is 25.3 Å². The molecule has 5 heteroatoms. The predicted molar refractivity (Wildman–Crippen MR) is 81.1 cm³/mol. The first-order valence-corrected chi connectivity index (χ1v) is 7.90. The minimum absolute atomic E-state index is 0.111. The molecule has 1 aromatic carbocycles. The van der Waals surface area contributed by atoms with Crippen LogP contribution >= 0.6 is 23.2 Å². The van der Waals surface area contributed by atoms with E-state index in [-0.39, 0.29) is 10.4 Å². The number of aromatic nitrogens is 2. The summed E-state index contributed by atoms with van der Waals surface area (Å²) in [5.41, 5.74) is 1.53. The third kappa shape index (κ3) is 2.42. The lowest BCUT2D eigenvalue weighted by atomic mass is 9.95. The van der Waals surface area contributed by atoms with Gasteiger partial charge in [-0.05, 0) is 25.8 Å². The van der Waals surface area contributed by atoms with Gasteiger partial charge in [-0.1, -0.05) is 30.9 Å². The lowest BCUT2D eigenvalue weighted by molar-refractivity contribution is 0.352. The quantitative estimate of drug-likeness (QED) is 0.656. The lowest BCUT2D eigenvalue weighted by Gasteiger charge is -2.26. The van der Waals surface area contributed by atoms with E-state index in [9.17, 15) is 4.39 Å². The first kappa shape index (κ1) is 14.2. The Labute approximate surface area is 127 Å². The Bertz CT molecular complexity index is 630. The summed E-state index contributed by atoms with van der Waals surface area (Å²) in [6.07, 6.45) is 5.89. The molecular formula is C15H17Cl2FN2. The Morgan fingerprint density at radius 3 is 2.65 bits per heavy atom. The van der Waals surface area contributed by atoms with E-state index in [0.29, 0.717) is 6.04 Å². The molecule has 108 valence electrons. The summed E-state index contributed by atoms with van der Waals surface area (Å²) >= 11 is 12.1. The molecule has 1 saturated carbocycles. The molecule has 0 amide bonds. The lowest BCUT2D eigenvalue weighted by Crippen LogP contribution is -2.15. The third-order valence-electron chi connectivity index (χ3n) is 4.05. The molecule has 20 heavy (non-hydrogen) atoms. The van der Waals surface area contributed by atoms with Crippen molar-refractivity contribution in [1.29, 1.82) is 0 Å². The molecule has 0 aliphatic heterocycles. The van der Waals surface area contributed by atoms with Crippen molar-refractivity contribution in [3.63, 3.8) is 0 Å². The fraction of sp³-hybridized carbons (Fsp3) is 0.533. The summed E-state index contributed by atoms with van der Waals surface area (Å²) in [6, 6.07) is 3.45. The predicted octanol–water partition coefficient (Wildman–Crippen LogP) is 5.63. The summed E-state index contributed by atoms with van der Waals surface area (Å²) < 4.78 is 15.9. The Kier molecular flexibility index (Phi) is 3.91. The molecule has 0 bridgehead atoms. The Balaban J connectivity index is 2.20. The number of fused-ring (bicyclic) bond motifs is 1. The molecule has 1 atom stereocenters. The highest BCUT2D eigenvalue weighted by molar-refractivity contribution is 6.31. The minimum atomic E-state index is -0.398. The Morgan fingerprint density at radius 2 is 2.00 bits per heavy atom. The van der Waals surface area contributed by atoms with Crippen LogP contribution in [0.15, 0.2) is 12.1 Å². The molecule has 1 aliphatic rings. The molecule has 2 aromatic rings. The summed E-state index contributed by atoms with van der Waals surface area (Å²) in [4.78, 5) is 4.57. The van der Waals surface area contributed by atoms with Gasteiger partial charge in [-0.3, -0.25) is 0 Å². The fourth-order valence-electron chi connectivity index (χ4n) is 3.11. The molecule has 3 rings (SSSR count). The third-order valence-corrected chi connectivity index (χ3v) is 4.54. The van der Waals surface area contributed by atoms with Crippen molar-refractivity contribution in [3.05, 3.63) is 28.8 Å². The van der Waals surface area contributed by atoms with Crippen LogP contribution in [-0.2, 0) is 0 Å². The number of alkyl halides is 1. The number of hydrogen-bond donors (Lipinski definition) is 0. The SMILES string of the molecule is CC(Cl)c1nc2cc(Cl)c(F)cc2n1C1CCCCC1. The monoisotopic (exact) mass is 314 g/mol. The number of rotatable bonds is 2. The normalized spacial score (nSPS) is 18.6. The largest absolute Gasteiger partial charge is 0.324 e. The zero-order valence-electron chi connectivity index (χ0n) is 11.4. The van der Waals surface area contributed by atoms with Gasteiger partial charge >= 0.3 is 0 Å². The Hall–Kier alpha value is -0.800. The van der Waals surface area contributed by atoms with Gasteiger partial charge in [0.25, 0.3) is 0 Å². The van der Waals surface area contributed by atoms with E-state index in [1.807, 2.05) is 6.92 Å². The summed E-state index contributed by atoms with van der Waals surface area (Å²) in [6.45, 7) is 1.90. The van der Waals surface area contributed by atoms with E-state index in [2.05, 4.69) is 9.55 Å². The van der Waals surface area contributed by atoms with Crippen molar-refractivity contribution < 1.29 is 4.39 Å². The van der Waals surface area contributed by atoms with Gasteiger partial charge in [0.2, 0.25) is 0 Å². The standard InChI is InChI=1S/C15H17Cl2FN2/c1-9(16)15-19-13-7-11(17)12(18)8-14(13)20(15)10-5-3-2-4-6-10/h7-10H,2-6H2,1H3. The van der Waals surface area contributed by atoms with Crippen LogP contribution in [0.3, 0.4) is 0 Å². The molecule has 0 spiro atoms. The van der Waals surface area contributed by atoms with Crippen LogP contribution in [0.5, 0.6) is 0 Å². The first-order valence-electron chi connectivity index (χ1n) is 7.09. The number of benzene rings is 1. The summed E-state index contributed by atoms with van der Waals surface area (Å²) in [7, 11) is 0. The maximum Gasteiger partial charge on any atom is 0.144 e. The molecule has 2 nitrogen and oxygen atoms in total. The average molecular weight is 315 g/mol. The van der Waals surface area contributed by atoms with Gasteiger partial charge in [0.15, 0.2) is 0 Å². The van der Waals surface area contributed by atoms with Crippen LogP contribution in [0.4, 0.5) is 4.39 Å². The molecule has 0 N–H and O–H groups in total. The summed E-state index contributed by atoms with van der Waals surface area (Å²) in [5.74, 6) is 0.417. The van der Waals surface area contributed by atoms with Crippen molar-refractivity contribution in [3.8, 4) is 0 Å². The molecular weight excluding hydrogens is 298 g/mol. The highest BCUT2D eigenvalue weighted by Crippen LogP contribution is 2.36. The minimum Gasteiger partial charge on any atom is -0.324 e. The molecule has 0 radical (unpaired) electrons. The molecule has 1 fully saturated rings. The molecule has 1 aliphatic carbocycles. The van der Waals surface area contributed by atoms with E-state index < -0.39 is 5.82 Å². The zero-order chi connectivity index (χ0) is 14.3. The summed E-state index contributed by atoms with van der Waals surface area (Å²) in [5, 5.41) is -0.0919. The van der Waals surface area contributed by atoms with Crippen molar-refractivity contribution in [2.75, 3.05) is 0 Å². The van der Waals surface area contributed by atoms with E-state index in [0.717, 1.165) is 29.7 Å². The smallest absolute Gasteiger partial charge is 0.144 e. The van der Waals surface area contributed by atoms with Crippen molar-refractivity contribution in [1.82, 2.24) is 9.55 Å². The first-order chi connectivity index (χ1) is 9.58. The van der Waals surface area contributed by atoms with Crippen LogP contribution < -0.4 is 0 Å². The van der Waals surface area contributed by atoms with Gasteiger partial charge in [-0.2, -0.15) is 0 Å². The maximum absolute atomic E-state index is 13.8. The van der Waals surface area contributed by atoms with Crippen LogP contribution in [0.25, 0.3) is 11.0 Å². The van der Waals surface area contributed by atoms with Crippen molar-refractivity contribution >= 4 is 34.2 Å². The zero-order valence-corrected chi connectivity index (χ0v) is 12.9. The fourth-order valence-corrected chi connectivity index (χ4v) is 3.42. The second-order valence-corrected chi connectivity index (χ2v) is 6.56. The van der Waals surface area contributed by atoms with Gasteiger partial charge in [0.1, 0.15) is 11.6 Å². The topological polar surface area (TPSA) is 17.8 Å². The number of imidazole rings is 1. The number of halogens is 3. The van der Waals surface area contributed by atoms with Gasteiger partial charge in [-0.15, -0.1) is 11.6 Å².